The average molecular weight is 371 g/mol. The summed E-state index contributed by atoms with van der Waals surface area (Å²) in [5, 5.41) is 2.97. The predicted molar refractivity (Wildman–Crippen MR) is 85.6 cm³/mol. The topological polar surface area (TPSA) is 29.1 Å². The van der Waals surface area contributed by atoms with Gasteiger partial charge in [0.2, 0.25) is 5.91 Å². The summed E-state index contributed by atoms with van der Waals surface area (Å²) in [6.45, 7) is 0. The minimum absolute atomic E-state index is 0.0137. The number of carbonyl (C=O) groups is 1. The van der Waals surface area contributed by atoms with Crippen LogP contribution in [0.3, 0.4) is 0 Å². The van der Waals surface area contributed by atoms with Gasteiger partial charge in [-0.05, 0) is 34.9 Å². The number of nitrogens with one attached hydrogen (secondary N) is 1. The van der Waals surface area contributed by atoms with E-state index in [0.29, 0.717) is 11.4 Å². The number of carbonyl (C=O) groups excluding carboxylic acids is 1. The molecule has 1 unspecified atom stereocenters. The first kappa shape index (κ1) is 13.9. The molecule has 1 aliphatic heterocycles. The lowest BCUT2D eigenvalue weighted by Crippen LogP contribution is -2.03. The zero-order chi connectivity index (χ0) is 14.3. The molecule has 0 bridgehead atoms. The van der Waals surface area contributed by atoms with Crippen molar-refractivity contribution in [3.05, 3.63) is 62.6 Å². The normalized spacial score (nSPS) is 14.8. The molecule has 1 atom stereocenters. The van der Waals surface area contributed by atoms with Crippen LogP contribution in [-0.2, 0) is 11.2 Å². The number of halogens is 3. The molecular formula is C15H10BrCl2NO. The van der Waals surface area contributed by atoms with Gasteiger partial charge in [0.15, 0.2) is 0 Å². The summed E-state index contributed by atoms with van der Waals surface area (Å²) in [5.74, 6) is -0.0137. The number of alkyl halides is 1. The second-order valence-corrected chi connectivity index (χ2v) is 6.34. The molecule has 0 fully saturated rings. The minimum atomic E-state index is -0.362. The molecule has 0 saturated heterocycles. The monoisotopic (exact) mass is 369 g/mol. The van der Waals surface area contributed by atoms with Crippen LogP contribution >= 0.6 is 39.1 Å². The molecule has 0 radical (unpaired) electrons. The number of hydrogen-bond donors (Lipinski definition) is 1. The quantitative estimate of drug-likeness (QED) is 0.746. The van der Waals surface area contributed by atoms with E-state index in [1.54, 1.807) is 6.07 Å². The van der Waals surface area contributed by atoms with Gasteiger partial charge in [0.25, 0.3) is 0 Å². The van der Waals surface area contributed by atoms with Gasteiger partial charge in [0.05, 0.1) is 11.8 Å². The molecule has 0 aliphatic carbocycles. The number of rotatable bonds is 2. The molecule has 2 aromatic rings. The van der Waals surface area contributed by atoms with Gasteiger partial charge in [-0.1, -0.05) is 45.7 Å². The molecule has 1 aliphatic rings. The number of anilines is 1. The van der Waals surface area contributed by atoms with Crippen molar-refractivity contribution in [3.8, 4) is 0 Å². The standard InChI is InChI=1S/C15H10BrCl2NO/c16-11-4-2-1-3-9(11)15(18)10-5-8-6-14(20)19-13(8)7-12(10)17/h1-5,7,15H,6H2,(H,19,20). The Kier molecular flexibility index (Phi) is 3.76. The van der Waals surface area contributed by atoms with Crippen molar-refractivity contribution < 1.29 is 4.79 Å². The zero-order valence-corrected chi connectivity index (χ0v) is 13.4. The van der Waals surface area contributed by atoms with Gasteiger partial charge in [-0.15, -0.1) is 11.6 Å². The zero-order valence-electron chi connectivity index (χ0n) is 10.3. The van der Waals surface area contributed by atoms with Crippen molar-refractivity contribution in [2.45, 2.75) is 11.8 Å². The molecule has 20 heavy (non-hydrogen) atoms. The van der Waals surface area contributed by atoms with Crippen LogP contribution in [0.5, 0.6) is 0 Å². The first-order valence-electron chi connectivity index (χ1n) is 6.07. The van der Waals surface area contributed by atoms with E-state index in [1.807, 2.05) is 30.3 Å². The first-order valence-corrected chi connectivity index (χ1v) is 7.67. The number of benzene rings is 2. The third-order valence-electron chi connectivity index (χ3n) is 3.30. The smallest absolute Gasteiger partial charge is 0.228 e. The fourth-order valence-electron chi connectivity index (χ4n) is 2.31. The van der Waals surface area contributed by atoms with Crippen LogP contribution in [0.25, 0.3) is 0 Å². The Morgan fingerprint density at radius 3 is 2.70 bits per heavy atom. The van der Waals surface area contributed by atoms with E-state index in [2.05, 4.69) is 21.2 Å². The highest BCUT2D eigenvalue weighted by Crippen LogP contribution is 2.40. The number of amides is 1. The summed E-state index contributed by atoms with van der Waals surface area (Å²) >= 11 is 16.4. The summed E-state index contributed by atoms with van der Waals surface area (Å²) in [5.41, 5.74) is 3.48. The largest absolute Gasteiger partial charge is 0.325 e. The van der Waals surface area contributed by atoms with E-state index in [4.69, 9.17) is 23.2 Å². The summed E-state index contributed by atoms with van der Waals surface area (Å²) in [6.07, 6.45) is 0.374. The molecule has 0 saturated carbocycles. The molecule has 3 rings (SSSR count). The maximum atomic E-state index is 11.4. The molecule has 1 N–H and O–H groups in total. The van der Waals surface area contributed by atoms with Crippen LogP contribution in [0.1, 0.15) is 22.1 Å². The fourth-order valence-corrected chi connectivity index (χ4v) is 3.65. The third-order valence-corrected chi connectivity index (χ3v) is 4.82. The summed E-state index contributed by atoms with van der Waals surface area (Å²) in [7, 11) is 0. The Morgan fingerprint density at radius 1 is 1.20 bits per heavy atom. The number of hydrogen-bond acceptors (Lipinski definition) is 1. The summed E-state index contributed by atoms with van der Waals surface area (Å²) < 4.78 is 0.936. The molecule has 1 amide bonds. The van der Waals surface area contributed by atoms with Crippen molar-refractivity contribution >= 4 is 50.7 Å². The SMILES string of the molecule is O=C1Cc2cc(C(Cl)c3ccccc3Br)c(Cl)cc2N1. The highest BCUT2D eigenvalue weighted by atomic mass is 79.9. The van der Waals surface area contributed by atoms with Crippen molar-refractivity contribution in [2.75, 3.05) is 5.32 Å². The van der Waals surface area contributed by atoms with E-state index in [9.17, 15) is 4.79 Å². The van der Waals surface area contributed by atoms with Gasteiger partial charge < -0.3 is 5.32 Å². The lowest BCUT2D eigenvalue weighted by molar-refractivity contribution is -0.115. The third kappa shape index (κ3) is 2.46. The molecule has 0 aromatic heterocycles. The van der Waals surface area contributed by atoms with Crippen molar-refractivity contribution in [3.63, 3.8) is 0 Å². The Bertz CT molecular complexity index is 702. The van der Waals surface area contributed by atoms with Gasteiger partial charge >= 0.3 is 0 Å². The minimum Gasteiger partial charge on any atom is -0.325 e. The molecule has 0 spiro atoms. The highest BCUT2D eigenvalue weighted by molar-refractivity contribution is 9.10. The Hall–Kier alpha value is -1.03. The highest BCUT2D eigenvalue weighted by Gasteiger charge is 2.23. The van der Waals surface area contributed by atoms with E-state index < -0.39 is 0 Å². The van der Waals surface area contributed by atoms with Crippen molar-refractivity contribution in [1.29, 1.82) is 0 Å². The van der Waals surface area contributed by atoms with Gasteiger partial charge in [0, 0.05) is 15.2 Å². The molecule has 2 aromatic carbocycles. The van der Waals surface area contributed by atoms with E-state index in [-0.39, 0.29) is 11.3 Å². The lowest BCUT2D eigenvalue weighted by atomic mass is 10.0. The maximum Gasteiger partial charge on any atom is 0.228 e. The van der Waals surface area contributed by atoms with Crippen molar-refractivity contribution in [2.24, 2.45) is 0 Å². The van der Waals surface area contributed by atoms with Gasteiger partial charge in [-0.2, -0.15) is 0 Å². The fraction of sp³-hybridized carbons (Fsp3) is 0.133. The Labute approximate surface area is 135 Å². The maximum absolute atomic E-state index is 11.4. The van der Waals surface area contributed by atoms with Crippen LogP contribution < -0.4 is 5.32 Å². The summed E-state index contributed by atoms with van der Waals surface area (Å²) in [6, 6.07) is 11.4. The Morgan fingerprint density at radius 2 is 1.95 bits per heavy atom. The lowest BCUT2D eigenvalue weighted by Gasteiger charge is -2.15. The van der Waals surface area contributed by atoms with E-state index in [0.717, 1.165) is 26.9 Å². The van der Waals surface area contributed by atoms with Crippen LogP contribution in [-0.4, -0.2) is 5.91 Å². The second kappa shape index (κ2) is 5.40. The summed E-state index contributed by atoms with van der Waals surface area (Å²) in [4.78, 5) is 11.4. The van der Waals surface area contributed by atoms with Gasteiger partial charge in [-0.3, -0.25) is 4.79 Å². The molecule has 2 nitrogen and oxygen atoms in total. The predicted octanol–water partition coefficient (Wildman–Crippen LogP) is 4.93. The number of fused-ring (bicyclic) bond motifs is 1. The van der Waals surface area contributed by atoms with Gasteiger partial charge in [-0.25, -0.2) is 0 Å². The first-order chi connectivity index (χ1) is 9.56. The van der Waals surface area contributed by atoms with Crippen LogP contribution in [0.4, 0.5) is 5.69 Å². The van der Waals surface area contributed by atoms with Gasteiger partial charge in [0.1, 0.15) is 0 Å². The van der Waals surface area contributed by atoms with Crippen molar-refractivity contribution in [1.82, 2.24) is 0 Å². The second-order valence-electron chi connectivity index (χ2n) is 4.64. The average Bonchev–Trinajstić information content (AvgIpc) is 2.76. The molecule has 5 heteroatoms. The van der Waals surface area contributed by atoms with E-state index in [1.165, 1.54) is 0 Å². The molecular weight excluding hydrogens is 361 g/mol. The Balaban J connectivity index is 2.05. The van der Waals surface area contributed by atoms with E-state index >= 15 is 0 Å². The van der Waals surface area contributed by atoms with Crippen LogP contribution in [0, 0.1) is 0 Å². The molecule has 1 heterocycles. The van der Waals surface area contributed by atoms with Crippen LogP contribution in [0.15, 0.2) is 40.9 Å². The molecule has 102 valence electrons. The van der Waals surface area contributed by atoms with Crippen LogP contribution in [0.2, 0.25) is 5.02 Å².